The summed E-state index contributed by atoms with van der Waals surface area (Å²) in [6.45, 7) is 1.65. The largest absolute Gasteiger partial charge is 0.497 e. The van der Waals surface area contributed by atoms with Crippen LogP contribution in [0, 0.1) is 5.82 Å². The van der Waals surface area contributed by atoms with Crippen LogP contribution in [-0.4, -0.2) is 34.5 Å². The average molecular weight is 454 g/mol. The maximum atomic E-state index is 14.6. The van der Waals surface area contributed by atoms with Crippen LogP contribution in [0.15, 0.2) is 42.6 Å². The normalized spacial score (nSPS) is 12.1. The van der Waals surface area contributed by atoms with Crippen LogP contribution in [0.3, 0.4) is 0 Å². The molecule has 31 heavy (non-hydrogen) atoms. The van der Waals surface area contributed by atoms with Gasteiger partial charge in [-0.2, -0.15) is 5.10 Å². The summed E-state index contributed by atoms with van der Waals surface area (Å²) in [6.07, 6.45) is -1.72. The quantitative estimate of drug-likeness (QED) is 0.460. The molecular weight excluding hydrogens is 435 g/mol. The summed E-state index contributed by atoms with van der Waals surface area (Å²) in [6, 6.07) is 8.92. The van der Waals surface area contributed by atoms with E-state index in [4.69, 9.17) is 21.1 Å². The van der Waals surface area contributed by atoms with Crippen LogP contribution in [0.25, 0.3) is 0 Å². The standard InChI is InChI=1S/C21H19ClF3N3O3/c1-3-31-21(29)18(19-15(23)8-13(22)10-26-19)17-9-16(20(24)25)27-28(17)11-12-4-6-14(30-2)7-5-12/h4-10,18,20H,3,11H2,1-2H3. The van der Waals surface area contributed by atoms with Gasteiger partial charge in [0.05, 0.1) is 36.7 Å². The number of hydrogen-bond acceptors (Lipinski definition) is 5. The topological polar surface area (TPSA) is 66.2 Å². The Bertz CT molecular complexity index is 1060. The number of rotatable bonds is 8. The van der Waals surface area contributed by atoms with Crippen LogP contribution >= 0.6 is 11.6 Å². The van der Waals surface area contributed by atoms with Gasteiger partial charge in [-0.05, 0) is 36.8 Å². The highest BCUT2D eigenvalue weighted by atomic mass is 35.5. The fraction of sp³-hybridized carbons (Fsp3) is 0.286. The Morgan fingerprint density at radius 2 is 1.94 bits per heavy atom. The summed E-state index contributed by atoms with van der Waals surface area (Å²) < 4.78 is 52.9. The van der Waals surface area contributed by atoms with E-state index in [1.165, 1.54) is 18.0 Å². The monoisotopic (exact) mass is 453 g/mol. The maximum Gasteiger partial charge on any atom is 0.321 e. The molecular formula is C21H19ClF3N3O3. The van der Waals surface area contributed by atoms with Gasteiger partial charge in [0, 0.05) is 6.20 Å². The number of alkyl halides is 2. The van der Waals surface area contributed by atoms with Gasteiger partial charge in [0.25, 0.3) is 6.43 Å². The van der Waals surface area contributed by atoms with E-state index in [0.29, 0.717) is 11.3 Å². The number of esters is 1. The van der Waals surface area contributed by atoms with Crippen molar-refractivity contribution < 1.29 is 27.4 Å². The molecule has 10 heteroatoms. The second kappa shape index (κ2) is 9.82. The van der Waals surface area contributed by atoms with Gasteiger partial charge in [0.15, 0.2) is 0 Å². The second-order valence-corrected chi connectivity index (χ2v) is 6.94. The van der Waals surface area contributed by atoms with Crippen molar-refractivity contribution in [1.82, 2.24) is 14.8 Å². The molecule has 0 aliphatic carbocycles. The SMILES string of the molecule is CCOC(=O)C(c1ncc(Cl)cc1F)c1cc(C(F)F)nn1Cc1ccc(OC)cc1. The Labute approximate surface area is 181 Å². The van der Waals surface area contributed by atoms with Gasteiger partial charge in [-0.25, -0.2) is 13.2 Å². The van der Waals surface area contributed by atoms with Crippen molar-refractivity contribution in [2.45, 2.75) is 25.8 Å². The Hall–Kier alpha value is -3.07. The highest BCUT2D eigenvalue weighted by Gasteiger charge is 2.33. The van der Waals surface area contributed by atoms with Crippen LogP contribution in [0.2, 0.25) is 5.02 Å². The second-order valence-electron chi connectivity index (χ2n) is 6.51. The van der Waals surface area contributed by atoms with E-state index in [1.54, 1.807) is 31.2 Å². The van der Waals surface area contributed by atoms with Crippen molar-refractivity contribution in [3.8, 4) is 5.75 Å². The predicted molar refractivity (Wildman–Crippen MR) is 107 cm³/mol. The van der Waals surface area contributed by atoms with Crippen molar-refractivity contribution in [2.75, 3.05) is 13.7 Å². The fourth-order valence-electron chi connectivity index (χ4n) is 3.06. The molecule has 0 saturated heterocycles. The number of carbonyl (C=O) groups is 1. The van der Waals surface area contributed by atoms with Crippen LogP contribution < -0.4 is 4.74 Å². The van der Waals surface area contributed by atoms with Gasteiger partial charge in [-0.1, -0.05) is 23.7 Å². The van der Waals surface area contributed by atoms with E-state index < -0.39 is 29.8 Å². The van der Waals surface area contributed by atoms with E-state index in [1.807, 2.05) is 0 Å². The first kappa shape index (κ1) is 22.6. The lowest BCUT2D eigenvalue weighted by Gasteiger charge is -2.18. The number of hydrogen-bond donors (Lipinski definition) is 0. The van der Waals surface area contributed by atoms with Gasteiger partial charge in [0.1, 0.15) is 23.2 Å². The molecule has 2 aromatic heterocycles. The smallest absolute Gasteiger partial charge is 0.321 e. The number of benzene rings is 1. The summed E-state index contributed by atoms with van der Waals surface area (Å²) in [5.41, 5.74) is -0.108. The first-order valence-corrected chi connectivity index (χ1v) is 9.68. The summed E-state index contributed by atoms with van der Waals surface area (Å²) in [7, 11) is 1.52. The van der Waals surface area contributed by atoms with Crippen molar-refractivity contribution in [2.24, 2.45) is 0 Å². The summed E-state index contributed by atoms with van der Waals surface area (Å²) in [5.74, 6) is -2.49. The molecule has 0 amide bonds. The summed E-state index contributed by atoms with van der Waals surface area (Å²) in [5, 5.41) is 3.97. The van der Waals surface area contributed by atoms with Gasteiger partial charge in [-0.3, -0.25) is 14.5 Å². The van der Waals surface area contributed by atoms with Gasteiger partial charge < -0.3 is 9.47 Å². The number of nitrogens with zero attached hydrogens (tertiary/aromatic N) is 3. The number of ether oxygens (including phenoxy) is 2. The minimum atomic E-state index is -2.89. The van der Waals surface area contributed by atoms with Crippen LogP contribution in [0.4, 0.5) is 13.2 Å². The van der Waals surface area contributed by atoms with Crippen molar-refractivity contribution in [1.29, 1.82) is 0 Å². The molecule has 2 heterocycles. The molecule has 3 rings (SSSR count). The Morgan fingerprint density at radius 1 is 1.23 bits per heavy atom. The van der Waals surface area contributed by atoms with E-state index in [-0.39, 0.29) is 29.6 Å². The number of halogens is 4. The number of carbonyl (C=O) groups excluding carboxylic acids is 1. The highest BCUT2D eigenvalue weighted by molar-refractivity contribution is 6.30. The van der Waals surface area contributed by atoms with Gasteiger partial charge in [-0.15, -0.1) is 0 Å². The molecule has 0 bridgehead atoms. The Morgan fingerprint density at radius 3 is 2.52 bits per heavy atom. The van der Waals surface area contributed by atoms with Crippen molar-refractivity contribution >= 4 is 17.6 Å². The lowest BCUT2D eigenvalue weighted by atomic mass is 9.99. The molecule has 1 aromatic carbocycles. The van der Waals surface area contributed by atoms with Gasteiger partial charge in [0.2, 0.25) is 0 Å². The minimum Gasteiger partial charge on any atom is -0.497 e. The zero-order valence-electron chi connectivity index (χ0n) is 16.7. The maximum absolute atomic E-state index is 14.6. The van der Waals surface area contributed by atoms with Gasteiger partial charge >= 0.3 is 5.97 Å². The van der Waals surface area contributed by atoms with E-state index in [9.17, 15) is 18.0 Å². The van der Waals surface area contributed by atoms with Crippen LogP contribution in [-0.2, 0) is 16.1 Å². The molecule has 1 unspecified atom stereocenters. The predicted octanol–water partition coefficient (Wildman–Crippen LogP) is 4.76. The molecule has 0 aliphatic rings. The van der Waals surface area contributed by atoms with E-state index in [2.05, 4.69) is 10.1 Å². The first-order valence-electron chi connectivity index (χ1n) is 9.30. The molecule has 0 fully saturated rings. The third kappa shape index (κ3) is 5.16. The zero-order valence-corrected chi connectivity index (χ0v) is 17.4. The van der Waals surface area contributed by atoms with Crippen LogP contribution in [0.5, 0.6) is 5.75 Å². The number of methoxy groups -OCH3 is 1. The third-order valence-corrected chi connectivity index (χ3v) is 4.68. The molecule has 164 valence electrons. The summed E-state index contributed by atoms with van der Waals surface area (Å²) >= 11 is 5.77. The number of aromatic nitrogens is 3. The Kier molecular flexibility index (Phi) is 7.17. The minimum absolute atomic E-state index is 0.0128. The molecule has 0 N–H and O–H groups in total. The molecule has 0 aliphatic heterocycles. The lowest BCUT2D eigenvalue weighted by Crippen LogP contribution is -2.23. The number of pyridine rings is 1. The lowest BCUT2D eigenvalue weighted by molar-refractivity contribution is -0.144. The third-order valence-electron chi connectivity index (χ3n) is 4.47. The molecule has 0 radical (unpaired) electrons. The van der Waals surface area contributed by atoms with E-state index >= 15 is 0 Å². The highest BCUT2D eigenvalue weighted by Crippen LogP contribution is 2.31. The molecule has 1 atom stereocenters. The molecule has 3 aromatic rings. The Balaban J connectivity index is 2.11. The van der Waals surface area contributed by atoms with Crippen molar-refractivity contribution in [3.63, 3.8) is 0 Å². The van der Waals surface area contributed by atoms with Crippen molar-refractivity contribution in [3.05, 3.63) is 76.1 Å². The van der Waals surface area contributed by atoms with Crippen LogP contribution in [0.1, 0.15) is 41.9 Å². The van der Waals surface area contributed by atoms with E-state index in [0.717, 1.165) is 12.1 Å². The average Bonchev–Trinajstić information content (AvgIpc) is 3.14. The first-order chi connectivity index (χ1) is 14.8. The fourth-order valence-corrected chi connectivity index (χ4v) is 3.20. The molecule has 0 spiro atoms. The molecule has 6 nitrogen and oxygen atoms in total. The molecule has 0 saturated carbocycles. The zero-order chi connectivity index (χ0) is 22.5. The summed E-state index contributed by atoms with van der Waals surface area (Å²) in [4.78, 5) is 16.7.